The van der Waals surface area contributed by atoms with E-state index in [2.05, 4.69) is 15.1 Å². The van der Waals surface area contributed by atoms with Crippen molar-refractivity contribution in [2.24, 2.45) is 0 Å². The predicted octanol–water partition coefficient (Wildman–Crippen LogP) is 4.52. The molecule has 2 amide bonds. The average molecular weight is 515 g/mol. The number of anilines is 1. The van der Waals surface area contributed by atoms with Crippen LogP contribution in [0.4, 0.5) is 14.9 Å². The van der Waals surface area contributed by atoms with Crippen molar-refractivity contribution in [3.8, 4) is 11.5 Å². The van der Waals surface area contributed by atoms with Gasteiger partial charge in [-0.15, -0.1) is 11.3 Å². The van der Waals surface area contributed by atoms with Crippen molar-refractivity contribution in [2.45, 2.75) is 13.5 Å². The van der Waals surface area contributed by atoms with Crippen molar-refractivity contribution in [1.29, 1.82) is 0 Å². The second kappa shape index (κ2) is 10.3. The van der Waals surface area contributed by atoms with Crippen molar-refractivity contribution < 1.29 is 42.6 Å². The second-order valence-corrected chi connectivity index (χ2v) is 8.10. The van der Waals surface area contributed by atoms with E-state index in [9.17, 15) is 18.8 Å². The van der Waals surface area contributed by atoms with Crippen LogP contribution in [0.25, 0.3) is 11.1 Å². The Hall–Kier alpha value is -4.65. The van der Waals surface area contributed by atoms with Crippen molar-refractivity contribution in [3.05, 3.63) is 69.5 Å². The number of fused-ring (bicyclic) bond motifs is 1. The average Bonchev–Trinajstić information content (AvgIpc) is 3.49. The van der Waals surface area contributed by atoms with E-state index >= 15 is 0 Å². The smallest absolute Gasteiger partial charge is 0.373 e. The van der Waals surface area contributed by atoms with Crippen LogP contribution in [0.15, 0.2) is 46.2 Å². The Morgan fingerprint density at radius 3 is 2.75 bits per heavy atom. The van der Waals surface area contributed by atoms with Gasteiger partial charge in [0.25, 0.3) is 0 Å². The molecule has 0 bridgehead atoms. The maximum absolute atomic E-state index is 14.5. The molecule has 0 radical (unpaired) electrons. The summed E-state index contributed by atoms with van der Waals surface area (Å²) in [5, 5.41) is 12.7. The van der Waals surface area contributed by atoms with Crippen molar-refractivity contribution in [3.63, 3.8) is 0 Å². The molecule has 2 heterocycles. The molecule has 0 aliphatic rings. The van der Waals surface area contributed by atoms with Gasteiger partial charge in [-0.25, -0.2) is 23.8 Å². The second-order valence-electron chi connectivity index (χ2n) is 7.18. The zero-order valence-corrected chi connectivity index (χ0v) is 19.6. The summed E-state index contributed by atoms with van der Waals surface area (Å²) in [6.45, 7) is 1.76. The number of amides is 2. The molecule has 2 aromatic carbocycles. The summed E-state index contributed by atoms with van der Waals surface area (Å²) in [5.41, 5.74) is 3.15. The summed E-state index contributed by atoms with van der Waals surface area (Å²) in [7, 11) is 1.33. The molecule has 0 aliphatic heterocycles. The minimum Gasteiger partial charge on any atom is -0.493 e. The number of methoxy groups -OCH3 is 1. The molecule has 4 aromatic rings. The minimum absolute atomic E-state index is 0.0429. The number of hydrogen-bond donors (Lipinski definition) is 3. The van der Waals surface area contributed by atoms with Crippen molar-refractivity contribution in [1.82, 2.24) is 10.5 Å². The maximum atomic E-state index is 14.5. The van der Waals surface area contributed by atoms with E-state index < -0.39 is 23.8 Å². The van der Waals surface area contributed by atoms with Crippen LogP contribution in [0, 0.1) is 12.7 Å². The molecule has 13 heteroatoms. The number of halogens is 1. The normalized spacial score (nSPS) is 10.6. The van der Waals surface area contributed by atoms with Crippen LogP contribution in [0.5, 0.6) is 11.5 Å². The van der Waals surface area contributed by atoms with Crippen LogP contribution in [0.3, 0.4) is 0 Å². The molecule has 4 rings (SSSR count). The largest absolute Gasteiger partial charge is 0.493 e. The van der Waals surface area contributed by atoms with E-state index in [1.165, 1.54) is 24.6 Å². The summed E-state index contributed by atoms with van der Waals surface area (Å²) < 4.78 is 31.0. The molecule has 0 fully saturated rings. The number of aromatic carboxylic acids is 1. The van der Waals surface area contributed by atoms with E-state index in [0.717, 1.165) is 17.4 Å². The number of carbonyl (C=O) groups is 3. The standard InChI is InChI=1S/C23H18FN3O8S/c1-11-25-19-12(4-3-5-16(19)34-11)10-33-18-9-15(14(24)8-17(18)32-2)26-23(31)27-35-22(30)20-13(21(28)29)6-7-36-20/h3-9H,10H2,1-2H3,(H,28,29)(H2,26,27,31). The Morgan fingerprint density at radius 2 is 2.00 bits per heavy atom. The number of benzene rings is 2. The zero-order valence-electron chi connectivity index (χ0n) is 18.8. The number of carboxylic acid groups (broad SMARTS) is 1. The fourth-order valence-corrected chi connectivity index (χ4v) is 3.97. The van der Waals surface area contributed by atoms with Crippen LogP contribution in [0.2, 0.25) is 0 Å². The van der Waals surface area contributed by atoms with E-state index in [0.29, 0.717) is 22.6 Å². The highest BCUT2D eigenvalue weighted by atomic mass is 32.1. The molecule has 186 valence electrons. The summed E-state index contributed by atoms with van der Waals surface area (Å²) in [6.07, 6.45) is 0. The number of carbonyl (C=O) groups excluding carboxylic acids is 2. The van der Waals surface area contributed by atoms with E-state index in [1.54, 1.807) is 30.6 Å². The Kier molecular flexibility index (Phi) is 7.01. The van der Waals surface area contributed by atoms with Crippen LogP contribution in [0.1, 0.15) is 31.5 Å². The fourth-order valence-electron chi connectivity index (χ4n) is 3.21. The molecule has 0 aliphatic carbocycles. The van der Waals surface area contributed by atoms with Gasteiger partial charge in [0.05, 0.1) is 18.4 Å². The molecule has 0 unspecified atom stereocenters. The number of aromatic nitrogens is 1. The zero-order chi connectivity index (χ0) is 25.8. The van der Waals surface area contributed by atoms with E-state index in [1.807, 2.05) is 0 Å². The SMILES string of the molecule is COc1cc(F)c(NC(=O)NOC(=O)c2sccc2C(=O)O)cc1OCc1cccc2oc(C)nc12. The Balaban J connectivity index is 1.44. The van der Waals surface area contributed by atoms with Crippen LogP contribution in [-0.2, 0) is 11.4 Å². The van der Waals surface area contributed by atoms with Crippen molar-refractivity contribution in [2.75, 3.05) is 12.4 Å². The van der Waals surface area contributed by atoms with Gasteiger partial charge in [-0.3, -0.25) is 0 Å². The van der Waals surface area contributed by atoms with Crippen molar-refractivity contribution >= 4 is 46.1 Å². The highest BCUT2D eigenvalue weighted by Gasteiger charge is 2.21. The first kappa shape index (κ1) is 24.5. The van der Waals surface area contributed by atoms with Crippen LogP contribution in [-0.4, -0.2) is 35.2 Å². The lowest BCUT2D eigenvalue weighted by atomic mass is 10.2. The molecular weight excluding hydrogens is 497 g/mol. The van der Waals surface area contributed by atoms with Gasteiger partial charge in [0.1, 0.15) is 17.0 Å². The van der Waals surface area contributed by atoms with Gasteiger partial charge >= 0.3 is 18.0 Å². The molecule has 36 heavy (non-hydrogen) atoms. The van der Waals surface area contributed by atoms with Gasteiger partial charge < -0.3 is 29.2 Å². The highest BCUT2D eigenvalue weighted by molar-refractivity contribution is 7.12. The summed E-state index contributed by atoms with van der Waals surface area (Å²) in [5.74, 6) is -2.57. The number of rotatable bonds is 7. The number of hydrogen-bond acceptors (Lipinski definition) is 9. The molecule has 3 N–H and O–H groups in total. The molecular formula is C23H18FN3O8S. The Labute approximate surface area is 206 Å². The predicted molar refractivity (Wildman–Crippen MR) is 125 cm³/mol. The summed E-state index contributed by atoms with van der Waals surface area (Å²) in [4.78, 5) is 44.1. The number of carboxylic acids is 1. The first-order valence-electron chi connectivity index (χ1n) is 10.2. The van der Waals surface area contributed by atoms with Gasteiger partial charge in [0, 0.05) is 24.6 Å². The summed E-state index contributed by atoms with van der Waals surface area (Å²) >= 11 is 0.828. The van der Waals surface area contributed by atoms with Gasteiger partial charge in [-0.1, -0.05) is 12.1 Å². The number of para-hydroxylation sites is 1. The number of hydroxylamine groups is 1. The molecule has 0 saturated heterocycles. The topological polar surface area (TPSA) is 149 Å². The van der Waals surface area contributed by atoms with Crippen LogP contribution < -0.4 is 20.3 Å². The number of ether oxygens (including phenoxy) is 2. The molecule has 0 saturated carbocycles. The van der Waals surface area contributed by atoms with Crippen LogP contribution >= 0.6 is 11.3 Å². The number of thiophene rings is 1. The summed E-state index contributed by atoms with van der Waals surface area (Å²) in [6, 6.07) is 7.70. The van der Waals surface area contributed by atoms with Gasteiger partial charge in [0.15, 0.2) is 28.8 Å². The van der Waals surface area contributed by atoms with Gasteiger partial charge in [-0.2, -0.15) is 5.48 Å². The third-order valence-corrected chi connectivity index (χ3v) is 5.71. The monoisotopic (exact) mass is 515 g/mol. The fraction of sp³-hybridized carbons (Fsp3) is 0.130. The number of nitrogens with zero attached hydrogens (tertiary/aromatic N) is 1. The third kappa shape index (κ3) is 5.20. The Morgan fingerprint density at radius 1 is 1.19 bits per heavy atom. The lowest BCUT2D eigenvalue weighted by Crippen LogP contribution is -2.31. The highest BCUT2D eigenvalue weighted by Crippen LogP contribution is 2.34. The molecule has 2 aromatic heterocycles. The number of oxazole rings is 1. The molecule has 11 nitrogen and oxygen atoms in total. The number of aryl methyl sites for hydroxylation is 1. The minimum atomic E-state index is -1.32. The van der Waals surface area contributed by atoms with E-state index in [-0.39, 0.29) is 34.2 Å². The Bertz CT molecular complexity index is 1470. The first-order chi connectivity index (χ1) is 17.3. The molecule has 0 atom stereocenters. The molecule has 0 spiro atoms. The van der Waals surface area contributed by atoms with E-state index in [4.69, 9.17) is 19.0 Å². The maximum Gasteiger partial charge on any atom is 0.373 e. The quantitative estimate of drug-likeness (QED) is 0.302. The first-order valence-corrected chi connectivity index (χ1v) is 11.1. The van der Waals surface area contributed by atoms with Gasteiger partial charge in [-0.05, 0) is 17.5 Å². The number of nitrogens with one attached hydrogen (secondary N) is 2. The lowest BCUT2D eigenvalue weighted by molar-refractivity contribution is 0.0340. The van der Waals surface area contributed by atoms with Gasteiger partial charge in [0.2, 0.25) is 0 Å². The lowest BCUT2D eigenvalue weighted by Gasteiger charge is -2.14. The number of urea groups is 1. The third-order valence-electron chi connectivity index (χ3n) is 4.81.